The molecule has 2 heterocycles. The molecule has 3 rings (SSSR count). The third kappa shape index (κ3) is 2.94. The lowest BCUT2D eigenvalue weighted by Crippen LogP contribution is -2.24. The van der Waals surface area contributed by atoms with Gasteiger partial charge in [0, 0.05) is 36.0 Å². The fourth-order valence-corrected chi connectivity index (χ4v) is 2.53. The average molecular weight is 279 g/mol. The van der Waals surface area contributed by atoms with Crippen LogP contribution in [0.2, 0.25) is 0 Å². The maximum absolute atomic E-state index is 12.1. The zero-order chi connectivity index (χ0) is 14.7. The average Bonchev–Trinajstić information content (AvgIpc) is 2.91. The highest BCUT2D eigenvalue weighted by atomic mass is 16.1. The van der Waals surface area contributed by atoms with Crippen LogP contribution in [0.3, 0.4) is 0 Å². The lowest BCUT2D eigenvalue weighted by atomic mass is 10.1. The molecule has 0 aliphatic carbocycles. The topological polar surface area (TPSA) is 57.8 Å². The van der Waals surface area contributed by atoms with Crippen LogP contribution in [0.4, 0.5) is 0 Å². The molecule has 3 aromatic rings. The van der Waals surface area contributed by atoms with Crippen LogP contribution in [0.5, 0.6) is 0 Å². The molecule has 0 spiro atoms. The number of benzene rings is 1. The molecule has 4 heteroatoms. The van der Waals surface area contributed by atoms with E-state index in [0.717, 1.165) is 22.0 Å². The molecule has 1 amide bonds. The highest BCUT2D eigenvalue weighted by Crippen LogP contribution is 2.22. The molecule has 106 valence electrons. The Morgan fingerprint density at radius 2 is 2.05 bits per heavy atom. The van der Waals surface area contributed by atoms with Gasteiger partial charge in [-0.05, 0) is 41.8 Å². The van der Waals surface area contributed by atoms with Crippen molar-refractivity contribution in [1.29, 1.82) is 0 Å². The molecule has 0 atom stereocenters. The van der Waals surface area contributed by atoms with Crippen molar-refractivity contribution in [3.63, 3.8) is 0 Å². The molecule has 0 radical (unpaired) electrons. The van der Waals surface area contributed by atoms with Gasteiger partial charge in [-0.25, -0.2) is 0 Å². The van der Waals surface area contributed by atoms with Crippen molar-refractivity contribution < 1.29 is 4.79 Å². The van der Waals surface area contributed by atoms with Gasteiger partial charge in [0.1, 0.15) is 0 Å². The first-order valence-corrected chi connectivity index (χ1v) is 6.95. The molecule has 2 N–H and O–H groups in total. The number of carbonyl (C=O) groups is 1. The number of hydrogen-bond acceptors (Lipinski definition) is 2. The number of aromatic nitrogens is 2. The fourth-order valence-electron chi connectivity index (χ4n) is 2.53. The van der Waals surface area contributed by atoms with Crippen molar-refractivity contribution in [3.8, 4) is 0 Å². The second-order valence-electron chi connectivity index (χ2n) is 5.12. The molecular formula is C17H17N3O. The van der Waals surface area contributed by atoms with Crippen LogP contribution in [0.25, 0.3) is 10.9 Å². The molecule has 4 nitrogen and oxygen atoms in total. The van der Waals surface area contributed by atoms with E-state index in [1.165, 1.54) is 5.56 Å². The molecule has 21 heavy (non-hydrogen) atoms. The molecule has 2 aromatic heterocycles. The van der Waals surface area contributed by atoms with E-state index in [9.17, 15) is 4.79 Å². The summed E-state index contributed by atoms with van der Waals surface area (Å²) in [6.07, 6.45) is 5.76. The first kappa shape index (κ1) is 13.4. The van der Waals surface area contributed by atoms with Crippen LogP contribution < -0.4 is 5.32 Å². The summed E-state index contributed by atoms with van der Waals surface area (Å²) >= 11 is 0. The van der Waals surface area contributed by atoms with E-state index in [0.29, 0.717) is 13.0 Å². The molecule has 0 aliphatic heterocycles. The maximum atomic E-state index is 12.1. The largest absolute Gasteiger partial charge is 0.361 e. The van der Waals surface area contributed by atoms with E-state index in [1.54, 1.807) is 12.4 Å². The molecule has 0 aliphatic rings. The summed E-state index contributed by atoms with van der Waals surface area (Å²) in [5.41, 5.74) is 4.35. The minimum absolute atomic E-state index is 0.0240. The Labute approximate surface area is 123 Å². The van der Waals surface area contributed by atoms with Crippen LogP contribution >= 0.6 is 0 Å². The standard InChI is InChI=1S/C17H17N3O/c1-12-3-2-4-15-17(12)14(11-19-15)9-16(21)20-10-13-5-7-18-8-6-13/h2-8,11,19H,9-10H2,1H3,(H,20,21). The normalized spacial score (nSPS) is 10.7. The molecule has 1 aromatic carbocycles. The Balaban J connectivity index is 1.69. The van der Waals surface area contributed by atoms with Crippen molar-refractivity contribution >= 4 is 16.8 Å². The van der Waals surface area contributed by atoms with Crippen molar-refractivity contribution in [3.05, 3.63) is 65.6 Å². The number of H-pyrrole nitrogens is 1. The zero-order valence-corrected chi connectivity index (χ0v) is 11.9. The smallest absolute Gasteiger partial charge is 0.224 e. The lowest BCUT2D eigenvalue weighted by molar-refractivity contribution is -0.120. The summed E-state index contributed by atoms with van der Waals surface area (Å²) < 4.78 is 0. The monoisotopic (exact) mass is 279 g/mol. The van der Waals surface area contributed by atoms with Crippen LogP contribution in [0, 0.1) is 6.92 Å². The van der Waals surface area contributed by atoms with E-state index in [1.807, 2.05) is 30.5 Å². The predicted molar refractivity (Wildman–Crippen MR) is 82.8 cm³/mol. The summed E-state index contributed by atoms with van der Waals surface area (Å²) in [6.45, 7) is 2.59. The van der Waals surface area contributed by atoms with Crippen molar-refractivity contribution in [2.45, 2.75) is 19.9 Å². The summed E-state index contributed by atoms with van der Waals surface area (Å²) in [5.74, 6) is 0.0240. The lowest BCUT2D eigenvalue weighted by Gasteiger charge is -2.05. The number of pyridine rings is 1. The molecule has 0 saturated heterocycles. The first-order chi connectivity index (χ1) is 10.2. The Kier molecular flexibility index (Phi) is 3.69. The fraction of sp³-hybridized carbons (Fsp3) is 0.176. The van der Waals surface area contributed by atoms with Crippen molar-refractivity contribution in [2.24, 2.45) is 0 Å². The summed E-state index contributed by atoms with van der Waals surface area (Å²) in [7, 11) is 0. The van der Waals surface area contributed by atoms with Gasteiger partial charge in [-0.15, -0.1) is 0 Å². The third-order valence-electron chi connectivity index (χ3n) is 3.59. The number of nitrogens with one attached hydrogen (secondary N) is 2. The first-order valence-electron chi connectivity index (χ1n) is 6.95. The van der Waals surface area contributed by atoms with Crippen molar-refractivity contribution in [1.82, 2.24) is 15.3 Å². The molecule has 0 unspecified atom stereocenters. The van der Waals surface area contributed by atoms with Gasteiger partial charge in [-0.2, -0.15) is 0 Å². The van der Waals surface area contributed by atoms with Crippen LogP contribution in [0.15, 0.2) is 48.9 Å². The second kappa shape index (κ2) is 5.79. The quantitative estimate of drug-likeness (QED) is 0.771. The van der Waals surface area contributed by atoms with Gasteiger partial charge in [-0.3, -0.25) is 9.78 Å². The minimum Gasteiger partial charge on any atom is -0.361 e. The number of amides is 1. The number of rotatable bonds is 4. The number of nitrogens with zero attached hydrogens (tertiary/aromatic N) is 1. The molecule has 0 saturated carbocycles. The molecule has 0 fully saturated rings. The van der Waals surface area contributed by atoms with Gasteiger partial charge in [-0.1, -0.05) is 12.1 Å². The van der Waals surface area contributed by atoms with Crippen molar-refractivity contribution in [2.75, 3.05) is 0 Å². The molecule has 0 bridgehead atoms. The maximum Gasteiger partial charge on any atom is 0.224 e. The van der Waals surface area contributed by atoms with E-state index in [-0.39, 0.29) is 5.91 Å². The SMILES string of the molecule is Cc1cccc2[nH]cc(CC(=O)NCc3ccncc3)c12. The number of aryl methyl sites for hydroxylation is 1. The van der Waals surface area contributed by atoms with Crippen LogP contribution in [0.1, 0.15) is 16.7 Å². The number of fused-ring (bicyclic) bond motifs is 1. The minimum atomic E-state index is 0.0240. The van der Waals surface area contributed by atoms with Crippen LogP contribution in [-0.4, -0.2) is 15.9 Å². The van der Waals surface area contributed by atoms with Gasteiger partial charge in [0.2, 0.25) is 5.91 Å². The number of hydrogen-bond donors (Lipinski definition) is 2. The predicted octanol–water partition coefficient (Wildman–Crippen LogP) is 2.73. The number of aromatic amines is 1. The van der Waals surface area contributed by atoms with Gasteiger partial charge >= 0.3 is 0 Å². The third-order valence-corrected chi connectivity index (χ3v) is 3.59. The Bertz CT molecular complexity index is 762. The van der Waals surface area contributed by atoms with E-state index in [2.05, 4.69) is 28.3 Å². The van der Waals surface area contributed by atoms with E-state index < -0.39 is 0 Å². The highest BCUT2D eigenvalue weighted by molar-refractivity contribution is 5.90. The Morgan fingerprint density at radius 3 is 2.86 bits per heavy atom. The van der Waals surface area contributed by atoms with Gasteiger partial charge in [0.05, 0.1) is 6.42 Å². The highest BCUT2D eigenvalue weighted by Gasteiger charge is 2.10. The van der Waals surface area contributed by atoms with Gasteiger partial charge in [0.25, 0.3) is 0 Å². The van der Waals surface area contributed by atoms with Gasteiger partial charge in [0.15, 0.2) is 0 Å². The number of carbonyl (C=O) groups excluding carboxylic acids is 1. The summed E-state index contributed by atoms with van der Waals surface area (Å²) in [6, 6.07) is 9.91. The summed E-state index contributed by atoms with van der Waals surface area (Å²) in [5, 5.41) is 4.09. The Hall–Kier alpha value is -2.62. The molecular weight excluding hydrogens is 262 g/mol. The van der Waals surface area contributed by atoms with E-state index >= 15 is 0 Å². The van der Waals surface area contributed by atoms with Gasteiger partial charge < -0.3 is 10.3 Å². The van der Waals surface area contributed by atoms with E-state index in [4.69, 9.17) is 0 Å². The second-order valence-corrected chi connectivity index (χ2v) is 5.12. The zero-order valence-electron chi connectivity index (χ0n) is 11.9. The summed E-state index contributed by atoms with van der Waals surface area (Å²) in [4.78, 5) is 19.3. The van der Waals surface area contributed by atoms with Crippen LogP contribution in [-0.2, 0) is 17.8 Å². The Morgan fingerprint density at radius 1 is 1.24 bits per heavy atom.